The van der Waals surface area contributed by atoms with E-state index in [9.17, 15) is 18.4 Å². The number of fused-ring (bicyclic) bond motifs is 1. The molecule has 1 atom stereocenters. The molecule has 3 amide bonds. The molecule has 8 heteroatoms. The van der Waals surface area contributed by atoms with Crippen LogP contribution in [0.1, 0.15) is 50.9 Å². The molecular formula is C23H28F2N4O2. The van der Waals surface area contributed by atoms with Crippen LogP contribution in [0.5, 0.6) is 0 Å². The van der Waals surface area contributed by atoms with E-state index < -0.39 is 23.2 Å². The number of hydrogen-bond acceptors (Lipinski definition) is 2. The van der Waals surface area contributed by atoms with Gasteiger partial charge in [-0.05, 0) is 51.8 Å². The van der Waals surface area contributed by atoms with Crippen LogP contribution in [0.2, 0.25) is 0 Å². The molecule has 0 saturated heterocycles. The minimum absolute atomic E-state index is 0.0426. The number of benzene rings is 1. The Labute approximate surface area is 180 Å². The molecule has 1 aromatic carbocycles. The molecule has 1 aliphatic heterocycles. The molecule has 31 heavy (non-hydrogen) atoms. The summed E-state index contributed by atoms with van der Waals surface area (Å²) in [5.74, 6) is -1.61. The van der Waals surface area contributed by atoms with Gasteiger partial charge in [0.25, 0.3) is 0 Å². The summed E-state index contributed by atoms with van der Waals surface area (Å²) in [4.78, 5) is 29.4. The van der Waals surface area contributed by atoms with Crippen LogP contribution in [0, 0.1) is 11.6 Å². The Balaban J connectivity index is 1.62. The van der Waals surface area contributed by atoms with Gasteiger partial charge in [0.15, 0.2) is 0 Å². The largest absolute Gasteiger partial charge is 0.348 e. The van der Waals surface area contributed by atoms with Crippen LogP contribution in [0.3, 0.4) is 0 Å². The van der Waals surface area contributed by atoms with Crippen LogP contribution in [-0.4, -0.2) is 51.0 Å². The number of urea groups is 1. The normalized spacial score (nSPS) is 18.5. The van der Waals surface area contributed by atoms with Crippen LogP contribution in [0.25, 0.3) is 0 Å². The molecule has 4 rings (SSSR count). The lowest BCUT2D eigenvalue weighted by Gasteiger charge is -2.39. The first-order valence-electron chi connectivity index (χ1n) is 10.6. The average molecular weight is 430 g/mol. The lowest BCUT2D eigenvalue weighted by atomic mass is 9.99. The highest BCUT2D eigenvalue weighted by molar-refractivity contribution is 5.85. The molecular weight excluding hydrogens is 402 g/mol. The lowest BCUT2D eigenvalue weighted by molar-refractivity contribution is -0.134. The summed E-state index contributed by atoms with van der Waals surface area (Å²) in [6, 6.07) is 6.23. The van der Waals surface area contributed by atoms with Gasteiger partial charge in [0.2, 0.25) is 5.91 Å². The van der Waals surface area contributed by atoms with E-state index in [0.717, 1.165) is 24.6 Å². The predicted molar refractivity (Wildman–Crippen MR) is 112 cm³/mol. The summed E-state index contributed by atoms with van der Waals surface area (Å²) >= 11 is 0. The van der Waals surface area contributed by atoms with E-state index in [0.29, 0.717) is 13.1 Å². The summed E-state index contributed by atoms with van der Waals surface area (Å²) in [6.45, 7) is 6.55. The predicted octanol–water partition coefficient (Wildman–Crippen LogP) is 3.67. The second kappa shape index (κ2) is 7.98. The maximum absolute atomic E-state index is 14.7. The number of nitrogens with zero attached hydrogens (tertiary/aromatic N) is 3. The Morgan fingerprint density at radius 2 is 1.90 bits per heavy atom. The van der Waals surface area contributed by atoms with Gasteiger partial charge in [0.05, 0.1) is 0 Å². The number of carbonyl (C=O) groups is 2. The standard InChI is InChI=1S/C23H28F2N4O2/c1-23(2,3)26-22(31)29(16-7-8-16)14-20(30)28-12-11-27-10-4-5-19(27)21(28)17-9-6-15(24)13-18(17)25/h4-6,9-10,13,16,21H,7-8,11-12,14H2,1-3H3,(H,26,31). The van der Waals surface area contributed by atoms with Crippen molar-refractivity contribution >= 4 is 11.9 Å². The van der Waals surface area contributed by atoms with Gasteiger partial charge < -0.3 is 19.7 Å². The average Bonchev–Trinajstić information content (AvgIpc) is 3.40. The molecule has 1 aliphatic carbocycles. The smallest absolute Gasteiger partial charge is 0.318 e. The Morgan fingerprint density at radius 1 is 1.16 bits per heavy atom. The molecule has 1 saturated carbocycles. The summed E-state index contributed by atoms with van der Waals surface area (Å²) in [5.41, 5.74) is 0.590. The van der Waals surface area contributed by atoms with Gasteiger partial charge in [-0.15, -0.1) is 0 Å². The molecule has 6 nitrogen and oxygen atoms in total. The zero-order chi connectivity index (χ0) is 22.3. The molecule has 0 bridgehead atoms. The molecule has 2 heterocycles. The SMILES string of the molecule is CC(C)(C)NC(=O)N(CC(=O)N1CCn2cccc2C1c1ccc(F)cc1F)C1CC1. The number of nitrogens with one attached hydrogen (secondary N) is 1. The highest BCUT2D eigenvalue weighted by Crippen LogP contribution is 2.35. The minimum Gasteiger partial charge on any atom is -0.348 e. The zero-order valence-electron chi connectivity index (χ0n) is 18.1. The summed E-state index contributed by atoms with van der Waals surface area (Å²) in [6.07, 6.45) is 3.62. The van der Waals surface area contributed by atoms with Gasteiger partial charge in [-0.25, -0.2) is 13.6 Å². The van der Waals surface area contributed by atoms with Gasteiger partial charge in [0.1, 0.15) is 24.2 Å². The topological polar surface area (TPSA) is 57.6 Å². The fourth-order valence-electron chi connectivity index (χ4n) is 4.08. The second-order valence-electron chi connectivity index (χ2n) is 9.32. The maximum Gasteiger partial charge on any atom is 0.318 e. The molecule has 0 radical (unpaired) electrons. The van der Waals surface area contributed by atoms with Crippen LogP contribution in [0.15, 0.2) is 36.5 Å². The Bertz CT molecular complexity index is 994. The van der Waals surface area contributed by atoms with Crippen molar-refractivity contribution in [1.82, 2.24) is 19.7 Å². The van der Waals surface area contributed by atoms with E-state index in [1.54, 1.807) is 9.80 Å². The molecule has 2 aliphatic rings. The van der Waals surface area contributed by atoms with Gasteiger partial charge in [-0.1, -0.05) is 6.07 Å². The van der Waals surface area contributed by atoms with Crippen molar-refractivity contribution in [1.29, 1.82) is 0 Å². The quantitative estimate of drug-likeness (QED) is 0.805. The third-order valence-corrected chi connectivity index (χ3v) is 5.65. The lowest BCUT2D eigenvalue weighted by Crippen LogP contribution is -2.53. The van der Waals surface area contributed by atoms with Crippen molar-refractivity contribution < 1.29 is 18.4 Å². The number of rotatable bonds is 4. The molecule has 1 unspecified atom stereocenters. The number of hydrogen-bond donors (Lipinski definition) is 1. The fraction of sp³-hybridized carbons (Fsp3) is 0.478. The van der Waals surface area contributed by atoms with Crippen molar-refractivity contribution in [3.8, 4) is 0 Å². The first-order chi connectivity index (χ1) is 14.6. The molecule has 1 fully saturated rings. The van der Waals surface area contributed by atoms with Crippen molar-refractivity contribution in [3.05, 3.63) is 59.4 Å². The molecule has 0 spiro atoms. The Morgan fingerprint density at radius 3 is 2.55 bits per heavy atom. The van der Waals surface area contributed by atoms with E-state index in [2.05, 4.69) is 5.32 Å². The summed E-state index contributed by atoms with van der Waals surface area (Å²) in [5, 5.41) is 2.93. The summed E-state index contributed by atoms with van der Waals surface area (Å²) in [7, 11) is 0. The second-order valence-corrected chi connectivity index (χ2v) is 9.32. The monoisotopic (exact) mass is 430 g/mol. The highest BCUT2D eigenvalue weighted by Gasteiger charge is 2.39. The highest BCUT2D eigenvalue weighted by atomic mass is 19.1. The Hall–Kier alpha value is -2.90. The van der Waals surface area contributed by atoms with Crippen molar-refractivity contribution in [3.63, 3.8) is 0 Å². The van der Waals surface area contributed by atoms with Crippen LogP contribution in [0.4, 0.5) is 13.6 Å². The number of aromatic nitrogens is 1. The van der Waals surface area contributed by atoms with Gasteiger partial charge >= 0.3 is 6.03 Å². The van der Waals surface area contributed by atoms with E-state index >= 15 is 0 Å². The molecule has 1 N–H and O–H groups in total. The van der Waals surface area contributed by atoms with E-state index in [-0.39, 0.29) is 30.1 Å². The minimum atomic E-state index is -0.693. The van der Waals surface area contributed by atoms with Crippen LogP contribution >= 0.6 is 0 Å². The maximum atomic E-state index is 14.7. The Kier molecular flexibility index (Phi) is 5.49. The molecule has 1 aromatic heterocycles. The summed E-state index contributed by atoms with van der Waals surface area (Å²) < 4.78 is 30.2. The van der Waals surface area contributed by atoms with Crippen molar-refractivity contribution in [2.24, 2.45) is 0 Å². The van der Waals surface area contributed by atoms with Crippen LogP contribution < -0.4 is 5.32 Å². The zero-order valence-corrected chi connectivity index (χ0v) is 18.1. The first kappa shape index (κ1) is 21.3. The van der Waals surface area contributed by atoms with Gasteiger partial charge in [0, 0.05) is 48.2 Å². The van der Waals surface area contributed by atoms with E-state index in [1.165, 1.54) is 12.1 Å². The first-order valence-corrected chi connectivity index (χ1v) is 10.6. The van der Waals surface area contributed by atoms with Crippen LogP contribution in [-0.2, 0) is 11.3 Å². The van der Waals surface area contributed by atoms with E-state index in [1.807, 2.05) is 43.7 Å². The molecule has 2 aromatic rings. The third-order valence-electron chi connectivity index (χ3n) is 5.65. The number of amides is 3. The fourth-order valence-corrected chi connectivity index (χ4v) is 4.08. The molecule has 166 valence electrons. The third kappa shape index (κ3) is 4.57. The van der Waals surface area contributed by atoms with Gasteiger partial charge in [-0.3, -0.25) is 4.79 Å². The van der Waals surface area contributed by atoms with E-state index in [4.69, 9.17) is 0 Å². The number of halogens is 2. The van der Waals surface area contributed by atoms with Gasteiger partial charge in [-0.2, -0.15) is 0 Å². The van der Waals surface area contributed by atoms with Crippen molar-refractivity contribution in [2.75, 3.05) is 13.1 Å². The number of carbonyl (C=O) groups excluding carboxylic acids is 2. The van der Waals surface area contributed by atoms with Crippen molar-refractivity contribution in [2.45, 2.75) is 57.8 Å².